The molecule has 0 atom stereocenters. The summed E-state index contributed by atoms with van der Waals surface area (Å²) < 4.78 is 0. The van der Waals surface area contributed by atoms with E-state index in [1.807, 2.05) is 13.8 Å². The second-order valence-corrected chi connectivity index (χ2v) is 2.50. The second kappa shape index (κ2) is 2.44. The molecule has 50 valence electrons. The highest BCUT2D eigenvalue weighted by molar-refractivity contribution is 6.17. The number of nitrogens with one attached hydrogen (secondary N) is 1. The minimum atomic E-state index is 0.607. The van der Waals surface area contributed by atoms with Crippen molar-refractivity contribution in [2.45, 2.75) is 19.7 Å². The summed E-state index contributed by atoms with van der Waals surface area (Å²) in [5, 5.41) is 0. The van der Waals surface area contributed by atoms with Crippen LogP contribution in [0.15, 0.2) is 6.07 Å². The number of hydrogen-bond acceptors (Lipinski definition) is 0. The lowest BCUT2D eigenvalue weighted by molar-refractivity contribution is 1.17. The van der Waals surface area contributed by atoms with E-state index in [0.29, 0.717) is 5.88 Å². The Hall–Kier alpha value is -0.430. The number of alkyl halides is 1. The van der Waals surface area contributed by atoms with Crippen molar-refractivity contribution in [1.82, 2.24) is 4.98 Å². The van der Waals surface area contributed by atoms with Crippen molar-refractivity contribution < 1.29 is 0 Å². The molecule has 0 fully saturated rings. The van der Waals surface area contributed by atoms with Crippen molar-refractivity contribution in [1.29, 1.82) is 0 Å². The summed E-state index contributed by atoms with van der Waals surface area (Å²) >= 11 is 5.63. The maximum absolute atomic E-state index is 5.63. The molecule has 0 unspecified atom stereocenters. The highest BCUT2D eigenvalue weighted by Crippen LogP contribution is 2.10. The number of hydrogen-bond donors (Lipinski definition) is 1. The van der Waals surface area contributed by atoms with Crippen molar-refractivity contribution in [2.75, 3.05) is 0 Å². The van der Waals surface area contributed by atoms with Crippen LogP contribution in [0.2, 0.25) is 0 Å². The van der Waals surface area contributed by atoms with Crippen molar-refractivity contribution in [3.05, 3.63) is 23.0 Å². The zero-order chi connectivity index (χ0) is 6.85. The van der Waals surface area contributed by atoms with E-state index < -0.39 is 0 Å². The Labute approximate surface area is 60.0 Å². The van der Waals surface area contributed by atoms with Gasteiger partial charge in [0.05, 0.1) is 0 Å². The van der Waals surface area contributed by atoms with Crippen LogP contribution in [0.1, 0.15) is 17.0 Å². The predicted molar refractivity (Wildman–Crippen MR) is 39.8 cm³/mol. The van der Waals surface area contributed by atoms with E-state index in [4.69, 9.17) is 11.6 Å². The fourth-order valence-electron chi connectivity index (χ4n) is 0.921. The third-order valence-electron chi connectivity index (χ3n) is 1.40. The molecule has 0 aliphatic heterocycles. The molecule has 0 saturated heterocycles. The zero-order valence-corrected chi connectivity index (χ0v) is 6.42. The molecule has 1 N–H and O–H groups in total. The summed E-state index contributed by atoms with van der Waals surface area (Å²) in [5.74, 6) is 0.607. The van der Waals surface area contributed by atoms with Crippen molar-refractivity contribution in [2.24, 2.45) is 0 Å². The van der Waals surface area contributed by atoms with E-state index >= 15 is 0 Å². The van der Waals surface area contributed by atoms with Crippen LogP contribution >= 0.6 is 11.6 Å². The molecule has 0 spiro atoms. The van der Waals surface area contributed by atoms with Gasteiger partial charge in [-0.2, -0.15) is 0 Å². The topological polar surface area (TPSA) is 15.8 Å². The number of rotatable bonds is 1. The fraction of sp³-hybridized carbons (Fsp3) is 0.429. The quantitative estimate of drug-likeness (QED) is 0.581. The van der Waals surface area contributed by atoms with Gasteiger partial charge in [-0.3, -0.25) is 0 Å². The molecule has 0 aliphatic carbocycles. The van der Waals surface area contributed by atoms with Gasteiger partial charge in [-0.25, -0.2) is 0 Å². The Kier molecular flexibility index (Phi) is 1.81. The molecule has 1 aromatic heterocycles. The number of aryl methyl sites for hydroxylation is 2. The molecular weight excluding hydrogens is 134 g/mol. The lowest BCUT2D eigenvalue weighted by atomic mass is 10.3. The smallest absolute Gasteiger partial charge is 0.0491 e. The summed E-state index contributed by atoms with van der Waals surface area (Å²) in [7, 11) is 0. The minimum Gasteiger partial charge on any atom is -0.362 e. The van der Waals surface area contributed by atoms with Gasteiger partial charge in [-0.1, -0.05) is 0 Å². The lowest BCUT2D eigenvalue weighted by Crippen LogP contribution is -1.76. The first-order chi connectivity index (χ1) is 4.24. The Bertz CT molecular complexity index is 203. The molecule has 0 radical (unpaired) electrons. The SMILES string of the molecule is Cc1cc(CCl)c(C)[nH]1. The molecular formula is C7H10ClN. The van der Waals surface area contributed by atoms with E-state index in [-0.39, 0.29) is 0 Å². The van der Waals surface area contributed by atoms with Crippen LogP contribution in [0, 0.1) is 13.8 Å². The van der Waals surface area contributed by atoms with Gasteiger partial charge in [-0.05, 0) is 25.5 Å². The molecule has 2 heteroatoms. The average molecular weight is 144 g/mol. The van der Waals surface area contributed by atoms with E-state index in [0.717, 1.165) is 0 Å². The van der Waals surface area contributed by atoms with Gasteiger partial charge in [0.15, 0.2) is 0 Å². The summed E-state index contributed by atoms with van der Waals surface area (Å²) in [6.07, 6.45) is 0. The maximum Gasteiger partial charge on any atom is 0.0491 e. The Balaban J connectivity index is 3.01. The first-order valence-electron chi connectivity index (χ1n) is 2.95. The number of aromatic amines is 1. The van der Waals surface area contributed by atoms with Crippen molar-refractivity contribution >= 4 is 11.6 Å². The zero-order valence-electron chi connectivity index (χ0n) is 5.66. The highest BCUT2D eigenvalue weighted by Gasteiger charge is 1.97. The molecule has 1 rings (SSSR count). The fourth-order valence-corrected chi connectivity index (χ4v) is 1.20. The Morgan fingerprint density at radius 1 is 1.56 bits per heavy atom. The van der Waals surface area contributed by atoms with E-state index in [1.165, 1.54) is 17.0 Å². The van der Waals surface area contributed by atoms with E-state index in [1.54, 1.807) is 0 Å². The van der Waals surface area contributed by atoms with Crippen LogP contribution in [0.4, 0.5) is 0 Å². The van der Waals surface area contributed by atoms with Gasteiger partial charge in [-0.15, -0.1) is 11.6 Å². The third kappa shape index (κ3) is 1.28. The summed E-state index contributed by atoms with van der Waals surface area (Å²) in [6.45, 7) is 4.06. The largest absolute Gasteiger partial charge is 0.362 e. The molecule has 0 aromatic carbocycles. The minimum absolute atomic E-state index is 0.607. The van der Waals surface area contributed by atoms with Crippen LogP contribution in [0.5, 0.6) is 0 Å². The van der Waals surface area contributed by atoms with Crippen molar-refractivity contribution in [3.63, 3.8) is 0 Å². The maximum atomic E-state index is 5.63. The van der Waals surface area contributed by atoms with Crippen molar-refractivity contribution in [3.8, 4) is 0 Å². The number of aromatic nitrogens is 1. The van der Waals surface area contributed by atoms with E-state index in [2.05, 4.69) is 11.1 Å². The van der Waals surface area contributed by atoms with Crippen LogP contribution in [0.25, 0.3) is 0 Å². The molecule has 0 bridgehead atoms. The van der Waals surface area contributed by atoms with E-state index in [9.17, 15) is 0 Å². The predicted octanol–water partition coefficient (Wildman–Crippen LogP) is 2.37. The second-order valence-electron chi connectivity index (χ2n) is 2.24. The van der Waals surface area contributed by atoms with Crippen LogP contribution in [-0.4, -0.2) is 4.98 Å². The Morgan fingerprint density at radius 3 is 2.44 bits per heavy atom. The standard InChI is InChI=1S/C7H10ClN/c1-5-3-7(4-8)6(2)9-5/h3,9H,4H2,1-2H3. The lowest BCUT2D eigenvalue weighted by Gasteiger charge is -1.87. The molecule has 9 heavy (non-hydrogen) atoms. The first kappa shape index (κ1) is 6.69. The van der Waals surface area contributed by atoms with Gasteiger partial charge < -0.3 is 4.98 Å². The summed E-state index contributed by atoms with van der Waals surface area (Å²) in [6, 6.07) is 2.07. The molecule has 1 aromatic rings. The average Bonchev–Trinajstić information content (AvgIpc) is 2.10. The molecule has 0 amide bonds. The monoisotopic (exact) mass is 143 g/mol. The van der Waals surface area contributed by atoms with Crippen LogP contribution in [-0.2, 0) is 5.88 Å². The van der Waals surface area contributed by atoms with Gasteiger partial charge in [0.25, 0.3) is 0 Å². The molecule has 1 heterocycles. The summed E-state index contributed by atoms with van der Waals surface area (Å²) in [4.78, 5) is 3.17. The van der Waals surface area contributed by atoms with Gasteiger partial charge >= 0.3 is 0 Å². The molecule has 0 saturated carbocycles. The first-order valence-corrected chi connectivity index (χ1v) is 3.48. The normalized spacial score (nSPS) is 10.1. The number of halogens is 1. The van der Waals surface area contributed by atoms with Gasteiger partial charge in [0.2, 0.25) is 0 Å². The van der Waals surface area contributed by atoms with Crippen LogP contribution in [0.3, 0.4) is 0 Å². The molecule has 0 aliphatic rings. The highest BCUT2D eigenvalue weighted by atomic mass is 35.5. The number of H-pyrrole nitrogens is 1. The van der Waals surface area contributed by atoms with Gasteiger partial charge in [0, 0.05) is 17.3 Å². The Morgan fingerprint density at radius 2 is 2.22 bits per heavy atom. The third-order valence-corrected chi connectivity index (χ3v) is 1.69. The molecule has 1 nitrogen and oxygen atoms in total. The summed E-state index contributed by atoms with van der Waals surface area (Å²) in [5.41, 5.74) is 3.57. The van der Waals surface area contributed by atoms with Gasteiger partial charge in [0.1, 0.15) is 0 Å². The van der Waals surface area contributed by atoms with Crippen LogP contribution < -0.4 is 0 Å².